The van der Waals surface area contributed by atoms with Crippen molar-refractivity contribution < 1.29 is 19.0 Å². The Morgan fingerprint density at radius 3 is 2.11 bits per heavy atom. The molecule has 0 aliphatic heterocycles. The molecule has 1 saturated carbocycles. The summed E-state index contributed by atoms with van der Waals surface area (Å²) in [5, 5.41) is 0. The maximum absolute atomic E-state index is 11.7. The molecule has 0 saturated heterocycles. The molecule has 5 nitrogen and oxygen atoms in total. The number of amides is 1. The Morgan fingerprint density at radius 1 is 1.16 bits per heavy atom. The predicted octanol–water partition coefficient (Wildman–Crippen LogP) is 1.88. The Morgan fingerprint density at radius 2 is 1.68 bits per heavy atom. The van der Waals surface area contributed by atoms with Crippen molar-refractivity contribution in [3.8, 4) is 17.2 Å². The maximum atomic E-state index is 11.7. The molecule has 0 atom stereocenters. The summed E-state index contributed by atoms with van der Waals surface area (Å²) in [7, 11) is 3.10. The molecule has 0 unspecified atom stereocenters. The third-order valence-corrected chi connectivity index (χ3v) is 3.54. The van der Waals surface area contributed by atoms with E-state index < -0.39 is 11.5 Å². The zero-order valence-corrected chi connectivity index (χ0v) is 11.3. The van der Waals surface area contributed by atoms with Gasteiger partial charge < -0.3 is 19.9 Å². The summed E-state index contributed by atoms with van der Waals surface area (Å²) in [6.07, 6.45) is 3.12. The first-order chi connectivity index (χ1) is 9.13. The molecule has 2 rings (SSSR count). The molecule has 19 heavy (non-hydrogen) atoms. The van der Waals surface area contributed by atoms with Crippen LogP contribution in [0.5, 0.6) is 17.2 Å². The minimum atomic E-state index is -0.943. The lowest BCUT2D eigenvalue weighted by Crippen LogP contribution is -2.46. The summed E-state index contributed by atoms with van der Waals surface area (Å²) in [6, 6.07) is 5.33. The van der Waals surface area contributed by atoms with Gasteiger partial charge in [-0.25, -0.2) is 0 Å². The molecular formula is C14H19NO4. The van der Waals surface area contributed by atoms with Gasteiger partial charge in [0.05, 0.1) is 14.2 Å². The largest absolute Gasteiger partial charge is 0.493 e. The van der Waals surface area contributed by atoms with E-state index in [1.807, 2.05) is 0 Å². The number of carbonyl (C=O) groups is 1. The van der Waals surface area contributed by atoms with E-state index in [9.17, 15) is 4.79 Å². The molecule has 0 bridgehead atoms. The summed E-state index contributed by atoms with van der Waals surface area (Å²) in [6.45, 7) is 0. The lowest BCUT2D eigenvalue weighted by Gasteiger charge is -2.28. The van der Waals surface area contributed by atoms with Gasteiger partial charge in [0.25, 0.3) is 5.91 Å². The monoisotopic (exact) mass is 265 g/mol. The van der Waals surface area contributed by atoms with Crippen LogP contribution in [0.25, 0.3) is 0 Å². The van der Waals surface area contributed by atoms with Crippen molar-refractivity contribution in [2.24, 2.45) is 5.73 Å². The van der Waals surface area contributed by atoms with Crippen molar-refractivity contribution in [1.29, 1.82) is 0 Å². The van der Waals surface area contributed by atoms with E-state index in [4.69, 9.17) is 19.9 Å². The minimum absolute atomic E-state index is 0.432. The Bertz CT molecular complexity index is 444. The van der Waals surface area contributed by atoms with Gasteiger partial charge in [-0.05, 0) is 37.8 Å². The first-order valence-electron chi connectivity index (χ1n) is 6.33. The Balaban J connectivity index is 2.38. The highest BCUT2D eigenvalue weighted by Crippen LogP contribution is 2.43. The van der Waals surface area contributed by atoms with Gasteiger partial charge in [0.1, 0.15) is 0 Å². The average Bonchev–Trinajstić information content (AvgIpc) is 2.89. The summed E-state index contributed by atoms with van der Waals surface area (Å²) in [4.78, 5) is 11.7. The molecule has 2 N–H and O–H groups in total. The fraction of sp³-hybridized carbons (Fsp3) is 0.500. The van der Waals surface area contributed by atoms with Crippen LogP contribution in [-0.2, 0) is 4.79 Å². The van der Waals surface area contributed by atoms with Crippen molar-refractivity contribution in [3.63, 3.8) is 0 Å². The summed E-state index contributed by atoms with van der Waals surface area (Å²) in [5.41, 5.74) is 4.58. The topological polar surface area (TPSA) is 70.8 Å². The van der Waals surface area contributed by atoms with Crippen LogP contribution in [0.15, 0.2) is 18.2 Å². The van der Waals surface area contributed by atoms with Gasteiger partial charge in [-0.15, -0.1) is 0 Å². The summed E-state index contributed by atoms with van der Waals surface area (Å²) >= 11 is 0. The van der Waals surface area contributed by atoms with Gasteiger partial charge >= 0.3 is 0 Å². The molecule has 1 amide bonds. The van der Waals surface area contributed by atoms with Crippen LogP contribution in [0.3, 0.4) is 0 Å². The number of hydrogen-bond acceptors (Lipinski definition) is 4. The van der Waals surface area contributed by atoms with Crippen LogP contribution >= 0.6 is 0 Å². The fourth-order valence-corrected chi connectivity index (χ4v) is 2.46. The lowest BCUT2D eigenvalue weighted by molar-refractivity contribution is -0.133. The third kappa shape index (κ3) is 2.45. The van der Waals surface area contributed by atoms with Crippen LogP contribution in [0.1, 0.15) is 25.7 Å². The number of benzene rings is 1. The van der Waals surface area contributed by atoms with E-state index in [0.717, 1.165) is 12.8 Å². The minimum Gasteiger partial charge on any atom is -0.493 e. The van der Waals surface area contributed by atoms with Crippen molar-refractivity contribution >= 4 is 5.91 Å². The number of rotatable bonds is 5. The maximum Gasteiger partial charge on any atom is 0.261 e. The van der Waals surface area contributed by atoms with Crippen LogP contribution < -0.4 is 19.9 Å². The van der Waals surface area contributed by atoms with Gasteiger partial charge in [-0.3, -0.25) is 4.79 Å². The van der Waals surface area contributed by atoms with Crippen molar-refractivity contribution in [1.82, 2.24) is 0 Å². The van der Waals surface area contributed by atoms with Crippen LogP contribution in [0.2, 0.25) is 0 Å². The van der Waals surface area contributed by atoms with Crippen molar-refractivity contribution in [2.75, 3.05) is 14.2 Å². The van der Waals surface area contributed by atoms with Gasteiger partial charge in [-0.1, -0.05) is 6.07 Å². The van der Waals surface area contributed by atoms with E-state index in [-0.39, 0.29) is 0 Å². The Kier molecular flexibility index (Phi) is 3.83. The van der Waals surface area contributed by atoms with Crippen LogP contribution in [0.4, 0.5) is 0 Å². The second-order valence-corrected chi connectivity index (χ2v) is 4.66. The number of methoxy groups -OCH3 is 2. The standard InChI is InChI=1S/C14H19NO4/c1-17-10-6-5-7-11(18-2)12(10)19-14(13(15)16)8-3-4-9-14/h5-7H,3-4,8-9H2,1-2H3,(H2,15,16). The van der Waals surface area contributed by atoms with E-state index in [1.54, 1.807) is 32.4 Å². The highest BCUT2D eigenvalue weighted by molar-refractivity contribution is 5.84. The second-order valence-electron chi connectivity index (χ2n) is 4.66. The number of nitrogens with two attached hydrogens (primary N) is 1. The molecule has 0 heterocycles. The number of hydrogen-bond donors (Lipinski definition) is 1. The third-order valence-electron chi connectivity index (χ3n) is 3.54. The molecule has 1 fully saturated rings. The van der Waals surface area contributed by atoms with Crippen molar-refractivity contribution in [2.45, 2.75) is 31.3 Å². The van der Waals surface area contributed by atoms with Gasteiger partial charge in [-0.2, -0.15) is 0 Å². The molecule has 1 aromatic carbocycles. The van der Waals surface area contributed by atoms with E-state index in [1.165, 1.54) is 0 Å². The number of para-hydroxylation sites is 1. The molecular weight excluding hydrogens is 246 g/mol. The first kappa shape index (κ1) is 13.5. The number of primary amides is 1. The molecule has 1 aliphatic rings. The highest BCUT2D eigenvalue weighted by Gasteiger charge is 2.43. The van der Waals surface area contributed by atoms with E-state index in [0.29, 0.717) is 30.1 Å². The molecule has 1 aliphatic carbocycles. The smallest absolute Gasteiger partial charge is 0.261 e. The second kappa shape index (κ2) is 5.38. The fourth-order valence-electron chi connectivity index (χ4n) is 2.46. The molecule has 5 heteroatoms. The zero-order chi connectivity index (χ0) is 13.9. The molecule has 0 spiro atoms. The van der Waals surface area contributed by atoms with Gasteiger partial charge in [0.15, 0.2) is 17.1 Å². The average molecular weight is 265 g/mol. The van der Waals surface area contributed by atoms with Crippen LogP contribution in [-0.4, -0.2) is 25.7 Å². The number of ether oxygens (including phenoxy) is 3. The first-order valence-corrected chi connectivity index (χ1v) is 6.33. The zero-order valence-electron chi connectivity index (χ0n) is 11.3. The Hall–Kier alpha value is -1.91. The van der Waals surface area contributed by atoms with Gasteiger partial charge in [0, 0.05) is 0 Å². The quantitative estimate of drug-likeness (QED) is 0.882. The van der Waals surface area contributed by atoms with Crippen molar-refractivity contribution in [3.05, 3.63) is 18.2 Å². The predicted molar refractivity (Wildman–Crippen MR) is 70.6 cm³/mol. The van der Waals surface area contributed by atoms with Crippen LogP contribution in [0, 0.1) is 0 Å². The molecule has 104 valence electrons. The SMILES string of the molecule is COc1cccc(OC)c1OC1(C(N)=O)CCCC1. The normalized spacial score (nSPS) is 16.9. The Labute approximate surface area is 112 Å². The molecule has 0 aromatic heterocycles. The summed E-state index contributed by atoms with van der Waals surface area (Å²) in [5.74, 6) is 1.07. The number of carbonyl (C=O) groups excluding carboxylic acids is 1. The van der Waals surface area contributed by atoms with Gasteiger partial charge in [0.2, 0.25) is 5.75 Å². The van der Waals surface area contributed by atoms with E-state index >= 15 is 0 Å². The summed E-state index contributed by atoms with van der Waals surface area (Å²) < 4.78 is 16.5. The lowest BCUT2D eigenvalue weighted by atomic mass is 10.0. The highest BCUT2D eigenvalue weighted by atomic mass is 16.6. The molecule has 0 radical (unpaired) electrons. The molecule has 1 aromatic rings. The van der Waals surface area contributed by atoms with E-state index in [2.05, 4.69) is 0 Å².